The Balaban J connectivity index is 1.78. The molecule has 0 spiro atoms. The maximum Gasteiger partial charge on any atom is 0.573 e. The summed E-state index contributed by atoms with van der Waals surface area (Å²) in [5.41, 5.74) is 2.08. The van der Waals surface area contributed by atoms with E-state index in [-0.39, 0.29) is 30.7 Å². The summed E-state index contributed by atoms with van der Waals surface area (Å²) in [5.74, 6) is -0.978. The molecule has 0 fully saturated rings. The summed E-state index contributed by atoms with van der Waals surface area (Å²) >= 11 is 0. The maximum atomic E-state index is 12.1. The number of carbonyl (C=O) groups is 2. The van der Waals surface area contributed by atoms with E-state index < -0.39 is 6.36 Å². The lowest BCUT2D eigenvalue weighted by atomic mass is 10.2. The van der Waals surface area contributed by atoms with Gasteiger partial charge in [0.15, 0.2) is 13.1 Å². The molecule has 28 heavy (non-hydrogen) atoms. The quantitative estimate of drug-likeness (QED) is 0.670. The largest absolute Gasteiger partial charge is 0.573 e. The highest BCUT2D eigenvalue weighted by molar-refractivity contribution is 5.93. The molecule has 0 heterocycles. The van der Waals surface area contributed by atoms with Crippen LogP contribution in [-0.4, -0.2) is 38.3 Å². The predicted molar refractivity (Wildman–Crippen MR) is 98.2 cm³/mol. The molecule has 6 nitrogen and oxygen atoms in total. The van der Waals surface area contributed by atoms with Crippen molar-refractivity contribution in [1.29, 1.82) is 0 Å². The first kappa shape index (κ1) is 21.2. The SMILES string of the molecule is Cc1ccc(NC(=O)C[NH+](C)CC(=O)Nc2ccc(OC(F)(F)F)cc2)cc1. The van der Waals surface area contributed by atoms with E-state index in [1.807, 2.05) is 19.1 Å². The lowest BCUT2D eigenvalue weighted by molar-refractivity contribution is -0.862. The summed E-state index contributed by atoms with van der Waals surface area (Å²) in [6, 6.07) is 12.2. The number of benzene rings is 2. The van der Waals surface area contributed by atoms with Crippen LogP contribution in [0.15, 0.2) is 48.5 Å². The van der Waals surface area contributed by atoms with Crippen molar-refractivity contribution in [2.24, 2.45) is 0 Å². The molecule has 0 aliphatic heterocycles. The van der Waals surface area contributed by atoms with Gasteiger partial charge >= 0.3 is 6.36 Å². The third-order valence-corrected chi connectivity index (χ3v) is 3.63. The first-order chi connectivity index (χ1) is 13.1. The Kier molecular flexibility index (Phi) is 7.00. The molecule has 0 aliphatic carbocycles. The summed E-state index contributed by atoms with van der Waals surface area (Å²) < 4.78 is 40.1. The summed E-state index contributed by atoms with van der Waals surface area (Å²) in [6.07, 6.45) is -4.77. The fourth-order valence-corrected chi connectivity index (χ4v) is 2.40. The van der Waals surface area contributed by atoms with Crippen LogP contribution in [0.4, 0.5) is 24.5 Å². The van der Waals surface area contributed by atoms with Gasteiger partial charge in [0.05, 0.1) is 7.05 Å². The number of hydrogen-bond acceptors (Lipinski definition) is 3. The van der Waals surface area contributed by atoms with Crippen molar-refractivity contribution in [2.75, 3.05) is 30.8 Å². The van der Waals surface area contributed by atoms with E-state index in [0.717, 1.165) is 17.7 Å². The zero-order chi connectivity index (χ0) is 20.7. The highest BCUT2D eigenvalue weighted by Crippen LogP contribution is 2.23. The number of nitrogens with one attached hydrogen (secondary N) is 3. The van der Waals surface area contributed by atoms with Crippen LogP contribution in [0, 0.1) is 6.92 Å². The zero-order valence-electron chi connectivity index (χ0n) is 15.4. The fraction of sp³-hybridized carbons (Fsp3) is 0.263. The molecule has 1 atom stereocenters. The van der Waals surface area contributed by atoms with Crippen LogP contribution in [0.5, 0.6) is 5.75 Å². The fourth-order valence-electron chi connectivity index (χ4n) is 2.40. The normalized spacial score (nSPS) is 12.2. The third-order valence-electron chi connectivity index (χ3n) is 3.63. The van der Waals surface area contributed by atoms with Gasteiger partial charge in [-0.3, -0.25) is 9.59 Å². The van der Waals surface area contributed by atoms with Gasteiger partial charge in [0.1, 0.15) is 5.75 Å². The number of carbonyl (C=O) groups excluding carboxylic acids is 2. The van der Waals surface area contributed by atoms with Gasteiger partial charge in [-0.15, -0.1) is 13.2 Å². The molecule has 2 rings (SSSR count). The molecule has 0 radical (unpaired) electrons. The number of quaternary nitrogens is 1. The topological polar surface area (TPSA) is 71.9 Å². The summed E-state index contributed by atoms with van der Waals surface area (Å²) in [5, 5.41) is 5.31. The molecule has 0 aliphatic rings. The second-order valence-corrected chi connectivity index (χ2v) is 6.35. The van der Waals surface area contributed by atoms with E-state index in [9.17, 15) is 22.8 Å². The van der Waals surface area contributed by atoms with Crippen LogP contribution >= 0.6 is 0 Å². The van der Waals surface area contributed by atoms with Crippen molar-refractivity contribution in [3.8, 4) is 5.75 Å². The molecular formula is C19H21F3N3O3+. The second kappa shape index (κ2) is 9.23. The highest BCUT2D eigenvalue weighted by Gasteiger charge is 2.31. The lowest BCUT2D eigenvalue weighted by Crippen LogP contribution is -3.11. The van der Waals surface area contributed by atoms with Crippen LogP contribution in [0.1, 0.15) is 5.56 Å². The molecule has 1 unspecified atom stereocenters. The van der Waals surface area contributed by atoms with Crippen LogP contribution in [0.2, 0.25) is 0 Å². The number of rotatable bonds is 7. The highest BCUT2D eigenvalue weighted by atomic mass is 19.4. The minimum atomic E-state index is -4.77. The van der Waals surface area contributed by atoms with Gasteiger partial charge in [-0.1, -0.05) is 17.7 Å². The summed E-state index contributed by atoms with van der Waals surface area (Å²) in [6.45, 7) is 2.04. The number of ether oxygens (including phenoxy) is 1. The average molecular weight is 396 g/mol. The van der Waals surface area contributed by atoms with E-state index in [1.165, 1.54) is 12.1 Å². The zero-order valence-corrected chi connectivity index (χ0v) is 15.4. The van der Waals surface area contributed by atoms with E-state index in [0.29, 0.717) is 16.3 Å². The average Bonchev–Trinajstić information content (AvgIpc) is 2.57. The number of anilines is 2. The van der Waals surface area contributed by atoms with Gasteiger partial charge < -0.3 is 20.3 Å². The van der Waals surface area contributed by atoms with Crippen molar-refractivity contribution < 1.29 is 32.4 Å². The molecule has 0 saturated heterocycles. The van der Waals surface area contributed by atoms with Crippen molar-refractivity contribution >= 4 is 23.2 Å². The molecule has 2 amide bonds. The first-order valence-corrected chi connectivity index (χ1v) is 8.44. The van der Waals surface area contributed by atoms with Crippen molar-refractivity contribution in [3.05, 3.63) is 54.1 Å². The van der Waals surface area contributed by atoms with Crippen molar-refractivity contribution in [2.45, 2.75) is 13.3 Å². The minimum Gasteiger partial charge on any atom is -0.406 e. The molecule has 2 aromatic carbocycles. The van der Waals surface area contributed by atoms with Gasteiger partial charge in [0, 0.05) is 11.4 Å². The Hall–Kier alpha value is -3.07. The van der Waals surface area contributed by atoms with E-state index >= 15 is 0 Å². The monoisotopic (exact) mass is 396 g/mol. The summed E-state index contributed by atoms with van der Waals surface area (Å²) in [7, 11) is 1.69. The van der Waals surface area contributed by atoms with Gasteiger partial charge in [0.25, 0.3) is 11.8 Å². The smallest absolute Gasteiger partial charge is 0.406 e. The van der Waals surface area contributed by atoms with Crippen LogP contribution in [0.25, 0.3) is 0 Å². The first-order valence-electron chi connectivity index (χ1n) is 8.44. The Morgan fingerprint density at radius 1 is 0.893 bits per heavy atom. The number of aryl methyl sites for hydroxylation is 1. The van der Waals surface area contributed by atoms with Crippen LogP contribution in [0.3, 0.4) is 0 Å². The van der Waals surface area contributed by atoms with Crippen LogP contribution in [-0.2, 0) is 9.59 Å². The third kappa shape index (κ3) is 7.67. The number of hydrogen-bond donors (Lipinski definition) is 3. The Labute approximate surface area is 160 Å². The van der Waals surface area contributed by atoms with Gasteiger partial charge in [-0.25, -0.2) is 0 Å². The molecular weight excluding hydrogens is 375 g/mol. The lowest BCUT2D eigenvalue weighted by Gasteiger charge is -2.14. The Morgan fingerprint density at radius 2 is 1.32 bits per heavy atom. The maximum absolute atomic E-state index is 12.1. The number of amides is 2. The number of likely N-dealkylation sites (N-methyl/N-ethyl adjacent to an activating group) is 1. The molecule has 9 heteroatoms. The van der Waals surface area contributed by atoms with E-state index in [4.69, 9.17) is 0 Å². The molecule has 0 bridgehead atoms. The molecule has 150 valence electrons. The molecule has 3 N–H and O–H groups in total. The molecule has 0 aromatic heterocycles. The second-order valence-electron chi connectivity index (χ2n) is 6.35. The molecule has 2 aromatic rings. The van der Waals surface area contributed by atoms with Gasteiger partial charge in [0.2, 0.25) is 0 Å². The molecule has 0 saturated carbocycles. The van der Waals surface area contributed by atoms with Gasteiger partial charge in [-0.2, -0.15) is 0 Å². The standard InChI is InChI=1S/C19H20F3N3O3/c1-13-3-5-14(6-4-13)23-17(26)11-25(2)12-18(27)24-15-7-9-16(10-8-15)28-19(20,21)22/h3-10H,11-12H2,1-2H3,(H,23,26)(H,24,27)/p+1. The number of halogens is 3. The Bertz CT molecular complexity index is 806. The minimum absolute atomic E-state index is 0.0160. The summed E-state index contributed by atoms with van der Waals surface area (Å²) in [4.78, 5) is 24.7. The Morgan fingerprint density at radius 3 is 1.75 bits per heavy atom. The van der Waals surface area contributed by atoms with Gasteiger partial charge in [-0.05, 0) is 43.3 Å². The number of alkyl halides is 3. The van der Waals surface area contributed by atoms with Crippen LogP contribution < -0.4 is 20.3 Å². The van der Waals surface area contributed by atoms with E-state index in [1.54, 1.807) is 19.2 Å². The van der Waals surface area contributed by atoms with Crippen molar-refractivity contribution in [1.82, 2.24) is 0 Å². The predicted octanol–water partition coefficient (Wildman–Crippen LogP) is 1.99. The van der Waals surface area contributed by atoms with E-state index in [2.05, 4.69) is 15.4 Å². The van der Waals surface area contributed by atoms with Crippen molar-refractivity contribution in [3.63, 3.8) is 0 Å².